The minimum Gasteiger partial charge on any atom is -0.411 e. The van der Waals surface area contributed by atoms with Crippen LogP contribution in [0.5, 0.6) is 0 Å². The zero-order chi connectivity index (χ0) is 18.4. The van der Waals surface area contributed by atoms with Crippen LogP contribution in [0.15, 0.2) is 41.6 Å². The monoisotopic (exact) mass is 365 g/mol. The van der Waals surface area contributed by atoms with Gasteiger partial charge in [0.15, 0.2) is 0 Å². The van der Waals surface area contributed by atoms with E-state index < -0.39 is 0 Å². The predicted molar refractivity (Wildman–Crippen MR) is 106 cm³/mol. The molecule has 5 aliphatic carbocycles. The van der Waals surface area contributed by atoms with Gasteiger partial charge in [0.25, 0.3) is 0 Å². The quantitative estimate of drug-likeness (QED) is 0.404. The zero-order valence-electron chi connectivity index (χ0n) is 16.3. The van der Waals surface area contributed by atoms with Gasteiger partial charge in [-0.25, -0.2) is 0 Å². The molecule has 1 aliphatic heterocycles. The van der Waals surface area contributed by atoms with Gasteiger partial charge < -0.3 is 9.94 Å². The molecule has 4 saturated carbocycles. The second-order valence-corrected chi connectivity index (χ2v) is 10.3. The minimum absolute atomic E-state index is 0.0262. The maximum Gasteiger partial charge on any atom is 0.0954 e. The smallest absolute Gasteiger partial charge is 0.0954 e. The van der Waals surface area contributed by atoms with E-state index in [1.165, 1.54) is 24.8 Å². The highest BCUT2D eigenvalue weighted by atomic mass is 16.5. The summed E-state index contributed by atoms with van der Waals surface area (Å²) >= 11 is 0. The third-order valence-electron chi connectivity index (χ3n) is 9.62. The fourth-order valence-electron chi connectivity index (χ4n) is 8.66. The molecule has 1 heterocycles. The fourth-order valence-corrected chi connectivity index (χ4v) is 8.66. The molecule has 0 aromatic carbocycles. The van der Waals surface area contributed by atoms with Crippen LogP contribution < -0.4 is 0 Å². The molecule has 6 rings (SSSR count). The van der Waals surface area contributed by atoms with Crippen molar-refractivity contribution in [3.63, 3.8) is 0 Å². The number of ether oxygens (including phenoxy) is 1. The Kier molecular flexibility index (Phi) is 3.30. The highest BCUT2D eigenvalue weighted by Crippen LogP contribution is 2.78. The van der Waals surface area contributed by atoms with E-state index in [-0.39, 0.29) is 5.60 Å². The van der Waals surface area contributed by atoms with E-state index in [4.69, 9.17) is 4.74 Å². The Morgan fingerprint density at radius 2 is 2.22 bits per heavy atom. The van der Waals surface area contributed by atoms with Gasteiger partial charge in [-0.3, -0.25) is 0 Å². The van der Waals surface area contributed by atoms with Crippen LogP contribution in [0, 0.1) is 46.8 Å². The highest BCUT2D eigenvalue weighted by molar-refractivity contribution is 5.96. The van der Waals surface area contributed by atoms with Crippen LogP contribution in [0.3, 0.4) is 0 Å². The van der Waals surface area contributed by atoms with Crippen LogP contribution in [0.4, 0.5) is 0 Å². The van der Waals surface area contributed by atoms with Gasteiger partial charge in [-0.2, -0.15) is 0 Å². The summed E-state index contributed by atoms with van der Waals surface area (Å²) < 4.78 is 6.52. The number of oxime groups is 1. The maximum absolute atomic E-state index is 9.25. The van der Waals surface area contributed by atoms with E-state index in [2.05, 4.69) is 43.0 Å². The summed E-state index contributed by atoms with van der Waals surface area (Å²) in [6.07, 6.45) is 16.4. The van der Waals surface area contributed by atoms with E-state index in [0.29, 0.717) is 17.3 Å². The lowest BCUT2D eigenvalue weighted by Gasteiger charge is -2.59. The second kappa shape index (κ2) is 5.37. The van der Waals surface area contributed by atoms with Gasteiger partial charge in [-0.05, 0) is 86.0 Å². The van der Waals surface area contributed by atoms with Crippen molar-refractivity contribution in [2.75, 3.05) is 6.61 Å². The number of rotatable bonds is 1. The molecule has 9 atom stereocenters. The van der Waals surface area contributed by atoms with Gasteiger partial charge in [0, 0.05) is 5.41 Å². The molecule has 0 radical (unpaired) electrons. The molecule has 0 unspecified atom stereocenters. The third kappa shape index (κ3) is 1.90. The molecular formula is C24H31NO2. The zero-order valence-corrected chi connectivity index (χ0v) is 16.3. The van der Waals surface area contributed by atoms with E-state index in [9.17, 15) is 5.21 Å². The first-order valence-electron chi connectivity index (χ1n) is 11.0. The summed E-state index contributed by atoms with van der Waals surface area (Å²) in [5.74, 6) is 5.16. The first-order valence-corrected chi connectivity index (χ1v) is 11.0. The Morgan fingerprint density at radius 3 is 2.96 bits per heavy atom. The van der Waals surface area contributed by atoms with Crippen molar-refractivity contribution in [2.24, 2.45) is 52.0 Å². The molecule has 3 heteroatoms. The molecule has 0 bridgehead atoms. The van der Waals surface area contributed by atoms with E-state index in [1.54, 1.807) is 0 Å². The third-order valence-corrected chi connectivity index (χ3v) is 9.62. The van der Waals surface area contributed by atoms with Crippen molar-refractivity contribution in [2.45, 2.75) is 51.0 Å². The lowest BCUT2D eigenvalue weighted by molar-refractivity contribution is -0.136. The summed E-state index contributed by atoms with van der Waals surface area (Å²) in [6.45, 7) is 7.63. The molecular weight excluding hydrogens is 334 g/mol. The second-order valence-electron chi connectivity index (χ2n) is 10.3. The van der Waals surface area contributed by atoms with Crippen molar-refractivity contribution >= 4 is 5.71 Å². The molecule has 0 saturated heterocycles. The Balaban J connectivity index is 1.42. The molecule has 3 nitrogen and oxygen atoms in total. The predicted octanol–water partition coefficient (Wildman–Crippen LogP) is 4.98. The molecule has 27 heavy (non-hydrogen) atoms. The maximum atomic E-state index is 9.25. The number of nitrogens with zero attached hydrogens (tertiary/aromatic N) is 1. The van der Waals surface area contributed by atoms with Gasteiger partial charge in [-0.1, -0.05) is 35.9 Å². The minimum atomic E-state index is 0.0262. The van der Waals surface area contributed by atoms with E-state index >= 15 is 0 Å². The van der Waals surface area contributed by atoms with Crippen molar-refractivity contribution in [1.82, 2.24) is 0 Å². The Morgan fingerprint density at radius 1 is 1.33 bits per heavy atom. The van der Waals surface area contributed by atoms with Gasteiger partial charge in [0.2, 0.25) is 0 Å². The number of allylic oxidation sites excluding steroid dienone is 3. The summed E-state index contributed by atoms with van der Waals surface area (Å²) in [5, 5.41) is 12.8. The first-order chi connectivity index (χ1) is 13.1. The number of hydrogen-bond donors (Lipinski definition) is 1. The molecule has 1 spiro atoms. The standard InChI is InChI=1S/C24H31NO2/c1-3-14-11-15-12-16(25-26)5-6-17(15)18-7-9-23(2)22(21(14)18)19-13-20(19)24(23)8-4-10-27-24/h3-4,8,12,14,17-22,26H,1,5-7,9-11,13H2,2H3/b25-16+/t14-,17-,18+,19-,20+,21+,22-,23-,24-/m0/s1. The molecule has 4 fully saturated rings. The Labute approximate surface area is 162 Å². The SMILES string of the molecule is C=C[C@H]1CC2=C/C(=N/O)CC[C@@H]2[C@H]2CC[C@@]3(C)[C@@H]([C@H]4C[C@H]4[C@@]34C=CCO4)[C@@H]21. The van der Waals surface area contributed by atoms with Crippen molar-refractivity contribution < 1.29 is 9.94 Å². The Hall–Kier alpha value is -1.35. The number of hydrogen-bond acceptors (Lipinski definition) is 3. The fraction of sp³-hybridized carbons (Fsp3) is 0.708. The largest absolute Gasteiger partial charge is 0.411 e. The molecule has 6 aliphatic rings. The van der Waals surface area contributed by atoms with Crippen LogP contribution in [0.25, 0.3) is 0 Å². The Bertz CT molecular complexity index is 781. The average Bonchev–Trinajstić information content (AvgIpc) is 3.26. The molecule has 1 N–H and O–H groups in total. The summed E-state index contributed by atoms with van der Waals surface area (Å²) in [5.41, 5.74) is 2.72. The summed E-state index contributed by atoms with van der Waals surface area (Å²) in [7, 11) is 0. The van der Waals surface area contributed by atoms with Gasteiger partial charge >= 0.3 is 0 Å². The number of fused-ring (bicyclic) bond motifs is 9. The van der Waals surface area contributed by atoms with Crippen LogP contribution in [-0.4, -0.2) is 23.1 Å². The van der Waals surface area contributed by atoms with Crippen LogP contribution in [-0.2, 0) is 4.74 Å². The van der Waals surface area contributed by atoms with E-state index in [0.717, 1.165) is 61.2 Å². The lowest BCUT2D eigenvalue weighted by atomic mass is 9.47. The van der Waals surface area contributed by atoms with Gasteiger partial charge in [-0.15, -0.1) is 6.58 Å². The average molecular weight is 366 g/mol. The van der Waals surface area contributed by atoms with Crippen molar-refractivity contribution in [3.05, 3.63) is 36.5 Å². The van der Waals surface area contributed by atoms with Crippen LogP contribution in [0.1, 0.15) is 45.4 Å². The van der Waals surface area contributed by atoms with E-state index in [1.807, 2.05) is 0 Å². The van der Waals surface area contributed by atoms with Crippen molar-refractivity contribution in [1.29, 1.82) is 0 Å². The van der Waals surface area contributed by atoms with Crippen molar-refractivity contribution in [3.8, 4) is 0 Å². The summed E-state index contributed by atoms with van der Waals surface area (Å²) in [4.78, 5) is 0. The molecule has 0 aromatic rings. The van der Waals surface area contributed by atoms with Crippen LogP contribution >= 0.6 is 0 Å². The molecule has 144 valence electrons. The highest BCUT2D eigenvalue weighted by Gasteiger charge is 2.76. The molecule has 0 aromatic heterocycles. The van der Waals surface area contributed by atoms with Crippen LogP contribution in [0.2, 0.25) is 0 Å². The normalized spacial score (nSPS) is 56.3. The summed E-state index contributed by atoms with van der Waals surface area (Å²) in [6, 6.07) is 0. The topological polar surface area (TPSA) is 41.8 Å². The van der Waals surface area contributed by atoms with Gasteiger partial charge in [0.05, 0.1) is 17.9 Å². The molecule has 0 amide bonds. The first kappa shape index (κ1) is 16.6. The lowest BCUT2D eigenvalue weighted by Crippen LogP contribution is -2.56. The van der Waals surface area contributed by atoms with Gasteiger partial charge in [0.1, 0.15) is 0 Å².